The Bertz CT molecular complexity index is 388. The first-order valence-corrected chi connectivity index (χ1v) is 7.03. The Balaban J connectivity index is 1.95. The Morgan fingerprint density at radius 2 is 2.41 bits per heavy atom. The topological polar surface area (TPSA) is 41.0 Å². The summed E-state index contributed by atoms with van der Waals surface area (Å²) in [5.41, 5.74) is 0. The van der Waals surface area contributed by atoms with Crippen molar-refractivity contribution in [2.45, 2.75) is 25.8 Å². The maximum atomic E-state index is 5.92. The van der Waals surface area contributed by atoms with E-state index in [1.807, 2.05) is 0 Å². The maximum Gasteiger partial charge on any atom is 0.148 e. The molecule has 17 heavy (non-hydrogen) atoms. The third-order valence-electron chi connectivity index (χ3n) is 3.16. The average molecular weight is 320 g/mol. The van der Waals surface area contributed by atoms with Crippen molar-refractivity contribution in [3.05, 3.63) is 16.0 Å². The highest BCUT2D eigenvalue weighted by Crippen LogP contribution is 2.26. The second-order valence-corrected chi connectivity index (χ2v) is 5.28. The fraction of sp³-hybridized carbons (Fsp3) is 0.636. The van der Waals surface area contributed by atoms with Crippen LogP contribution in [0.1, 0.15) is 19.8 Å². The molecule has 1 aliphatic heterocycles. The smallest absolute Gasteiger partial charge is 0.148 e. The Morgan fingerprint density at radius 1 is 1.59 bits per heavy atom. The molecule has 0 aromatic carbocycles. The standard InChI is InChI=1S/C11H16BrClN4/c1-2-17-5-3-4-8(17)6-14-11-9(12)10(13)15-7-16-11/h7-8H,2-6H2,1H3,(H,14,15,16). The lowest BCUT2D eigenvalue weighted by Crippen LogP contribution is -2.34. The van der Waals surface area contributed by atoms with E-state index in [0.29, 0.717) is 11.2 Å². The van der Waals surface area contributed by atoms with E-state index in [4.69, 9.17) is 11.6 Å². The highest BCUT2D eigenvalue weighted by molar-refractivity contribution is 9.10. The molecule has 1 aromatic heterocycles. The van der Waals surface area contributed by atoms with Crippen LogP contribution < -0.4 is 5.32 Å². The summed E-state index contributed by atoms with van der Waals surface area (Å²) >= 11 is 9.31. The molecule has 94 valence electrons. The largest absolute Gasteiger partial charge is 0.367 e. The average Bonchev–Trinajstić information content (AvgIpc) is 2.78. The number of likely N-dealkylation sites (tertiary alicyclic amines) is 1. The number of nitrogens with one attached hydrogen (secondary N) is 1. The van der Waals surface area contributed by atoms with Crippen LogP contribution in [-0.2, 0) is 0 Å². The normalized spacial score (nSPS) is 20.8. The molecule has 6 heteroatoms. The summed E-state index contributed by atoms with van der Waals surface area (Å²) in [4.78, 5) is 10.6. The molecule has 1 fully saturated rings. The second-order valence-electron chi connectivity index (χ2n) is 4.13. The summed E-state index contributed by atoms with van der Waals surface area (Å²) in [6.45, 7) is 5.42. The second kappa shape index (κ2) is 5.98. The summed E-state index contributed by atoms with van der Waals surface area (Å²) in [5, 5.41) is 3.78. The van der Waals surface area contributed by atoms with Crippen molar-refractivity contribution in [2.24, 2.45) is 0 Å². The number of halogens is 2. The molecule has 0 spiro atoms. The molecule has 0 amide bonds. The van der Waals surface area contributed by atoms with Gasteiger partial charge >= 0.3 is 0 Å². The van der Waals surface area contributed by atoms with Gasteiger partial charge in [-0.25, -0.2) is 9.97 Å². The van der Waals surface area contributed by atoms with Crippen molar-refractivity contribution in [2.75, 3.05) is 25.0 Å². The lowest BCUT2D eigenvalue weighted by atomic mass is 10.2. The summed E-state index contributed by atoms with van der Waals surface area (Å²) in [5.74, 6) is 0.771. The van der Waals surface area contributed by atoms with Crippen LogP contribution in [0.2, 0.25) is 5.15 Å². The number of hydrogen-bond acceptors (Lipinski definition) is 4. The molecule has 1 aliphatic rings. The molecule has 1 atom stereocenters. The molecule has 0 bridgehead atoms. The molecule has 2 heterocycles. The van der Waals surface area contributed by atoms with Gasteiger partial charge < -0.3 is 5.32 Å². The number of hydrogen-bond donors (Lipinski definition) is 1. The summed E-state index contributed by atoms with van der Waals surface area (Å²) < 4.78 is 0.739. The number of anilines is 1. The molecule has 0 saturated carbocycles. The molecule has 4 nitrogen and oxygen atoms in total. The number of aromatic nitrogens is 2. The molecular weight excluding hydrogens is 304 g/mol. The van der Waals surface area contributed by atoms with Crippen molar-refractivity contribution in [3.63, 3.8) is 0 Å². The summed E-state index contributed by atoms with van der Waals surface area (Å²) in [7, 11) is 0. The maximum absolute atomic E-state index is 5.92. The van der Waals surface area contributed by atoms with Crippen LogP contribution in [0.4, 0.5) is 5.82 Å². The van der Waals surface area contributed by atoms with Gasteiger partial charge in [0.25, 0.3) is 0 Å². The SMILES string of the molecule is CCN1CCCC1CNc1ncnc(Cl)c1Br. The number of rotatable bonds is 4. The highest BCUT2D eigenvalue weighted by atomic mass is 79.9. The number of likely N-dealkylation sites (N-methyl/N-ethyl adjacent to an activating group) is 1. The van der Waals surface area contributed by atoms with Crippen LogP contribution in [0, 0.1) is 0 Å². The Morgan fingerprint density at radius 3 is 3.18 bits per heavy atom. The molecule has 1 N–H and O–H groups in total. The molecule has 0 radical (unpaired) electrons. The van der Waals surface area contributed by atoms with Crippen LogP contribution in [0.25, 0.3) is 0 Å². The van der Waals surface area contributed by atoms with E-state index in [9.17, 15) is 0 Å². The fourth-order valence-electron chi connectivity index (χ4n) is 2.23. The number of nitrogens with zero attached hydrogens (tertiary/aromatic N) is 3. The quantitative estimate of drug-likeness (QED) is 0.867. The van der Waals surface area contributed by atoms with Crippen LogP contribution in [0.15, 0.2) is 10.8 Å². The van der Waals surface area contributed by atoms with Crippen LogP contribution in [0.5, 0.6) is 0 Å². The highest BCUT2D eigenvalue weighted by Gasteiger charge is 2.22. The van der Waals surface area contributed by atoms with Crippen LogP contribution in [0.3, 0.4) is 0 Å². The first-order valence-electron chi connectivity index (χ1n) is 5.86. The molecular formula is C11H16BrClN4. The minimum Gasteiger partial charge on any atom is -0.367 e. The van der Waals surface area contributed by atoms with Gasteiger partial charge in [-0.15, -0.1) is 0 Å². The van der Waals surface area contributed by atoms with Gasteiger partial charge in [0.1, 0.15) is 17.3 Å². The zero-order chi connectivity index (χ0) is 12.3. The molecule has 1 aromatic rings. The lowest BCUT2D eigenvalue weighted by Gasteiger charge is -2.23. The Labute approximate surface area is 115 Å². The zero-order valence-electron chi connectivity index (χ0n) is 9.79. The molecule has 1 unspecified atom stereocenters. The van der Waals surface area contributed by atoms with Gasteiger partial charge in [0.05, 0.1) is 4.47 Å². The van der Waals surface area contributed by atoms with E-state index in [-0.39, 0.29) is 0 Å². The van der Waals surface area contributed by atoms with E-state index >= 15 is 0 Å². The van der Waals surface area contributed by atoms with Crippen molar-refractivity contribution in [3.8, 4) is 0 Å². The van der Waals surface area contributed by atoms with Gasteiger partial charge in [0, 0.05) is 12.6 Å². The Kier molecular flexibility index (Phi) is 4.59. The van der Waals surface area contributed by atoms with Crippen LogP contribution in [-0.4, -0.2) is 40.5 Å². The molecule has 0 aliphatic carbocycles. The van der Waals surface area contributed by atoms with Gasteiger partial charge in [0.2, 0.25) is 0 Å². The monoisotopic (exact) mass is 318 g/mol. The van der Waals surface area contributed by atoms with Crippen molar-refractivity contribution >= 4 is 33.3 Å². The zero-order valence-corrected chi connectivity index (χ0v) is 12.1. The minimum atomic E-state index is 0.446. The predicted octanol–water partition coefficient (Wildman–Crippen LogP) is 2.79. The minimum absolute atomic E-state index is 0.446. The van der Waals surface area contributed by atoms with Crippen molar-refractivity contribution in [1.82, 2.24) is 14.9 Å². The predicted molar refractivity (Wildman–Crippen MR) is 73.5 cm³/mol. The van der Waals surface area contributed by atoms with E-state index in [1.165, 1.54) is 25.7 Å². The first kappa shape index (κ1) is 13.1. The fourth-order valence-corrected chi connectivity index (χ4v) is 2.71. The molecule has 2 rings (SSSR count). The van der Waals surface area contributed by atoms with E-state index < -0.39 is 0 Å². The molecule has 1 saturated heterocycles. The van der Waals surface area contributed by atoms with Gasteiger partial charge in [0.15, 0.2) is 0 Å². The summed E-state index contributed by atoms with van der Waals surface area (Å²) in [6, 6.07) is 0.598. The van der Waals surface area contributed by atoms with E-state index in [1.54, 1.807) is 0 Å². The van der Waals surface area contributed by atoms with E-state index in [2.05, 4.69) is 43.0 Å². The summed E-state index contributed by atoms with van der Waals surface area (Å²) in [6.07, 6.45) is 4.00. The third-order valence-corrected chi connectivity index (χ3v) is 4.42. The lowest BCUT2D eigenvalue weighted by molar-refractivity contribution is 0.277. The van der Waals surface area contributed by atoms with Crippen molar-refractivity contribution < 1.29 is 0 Å². The third kappa shape index (κ3) is 3.09. The van der Waals surface area contributed by atoms with E-state index in [0.717, 1.165) is 23.4 Å². The van der Waals surface area contributed by atoms with Crippen LogP contribution >= 0.6 is 27.5 Å². The van der Waals surface area contributed by atoms with Gasteiger partial charge in [-0.2, -0.15) is 0 Å². The van der Waals surface area contributed by atoms with Gasteiger partial charge in [-0.05, 0) is 41.9 Å². The van der Waals surface area contributed by atoms with Crippen molar-refractivity contribution in [1.29, 1.82) is 0 Å². The Hall–Kier alpha value is -0.390. The van der Waals surface area contributed by atoms with Gasteiger partial charge in [-0.1, -0.05) is 18.5 Å². The first-order chi connectivity index (χ1) is 8.22. The van der Waals surface area contributed by atoms with Gasteiger partial charge in [-0.3, -0.25) is 4.90 Å².